The molecule has 1 atom stereocenters. The number of amides is 3. The molecule has 1 unspecified atom stereocenters. The normalized spacial score (nSPS) is 23.3. The number of fused-ring (bicyclic) bond motifs is 1. The first kappa shape index (κ1) is 40.1. The van der Waals surface area contributed by atoms with E-state index in [2.05, 4.69) is 76.3 Å². The van der Waals surface area contributed by atoms with Crippen molar-refractivity contribution in [2.75, 3.05) is 55.6 Å². The molecule has 1 saturated carbocycles. The van der Waals surface area contributed by atoms with Crippen molar-refractivity contribution in [2.45, 2.75) is 78.5 Å². The van der Waals surface area contributed by atoms with Crippen molar-refractivity contribution in [3.63, 3.8) is 0 Å². The molecule has 3 aliphatic heterocycles. The summed E-state index contributed by atoms with van der Waals surface area (Å²) in [6.45, 7) is 17.2. The lowest BCUT2D eigenvalue weighted by atomic mass is 9.49. The van der Waals surface area contributed by atoms with E-state index in [1.54, 1.807) is 12.3 Å². The number of carbonyl (C=O) groups is 3. The number of carbonyl (C=O) groups excluding carboxylic acids is 3. The molecular weight excluding hydrogens is 745 g/mol. The molecular formula is C46H54N8O5. The van der Waals surface area contributed by atoms with Gasteiger partial charge >= 0.3 is 0 Å². The number of rotatable bonds is 9. The minimum atomic E-state index is -0.779. The van der Waals surface area contributed by atoms with Crippen molar-refractivity contribution in [2.24, 2.45) is 16.7 Å². The van der Waals surface area contributed by atoms with E-state index in [1.165, 1.54) is 4.68 Å². The first-order chi connectivity index (χ1) is 28.2. The van der Waals surface area contributed by atoms with Gasteiger partial charge in [-0.25, -0.2) is 4.68 Å². The van der Waals surface area contributed by atoms with Crippen molar-refractivity contribution in [3.05, 3.63) is 93.9 Å². The van der Waals surface area contributed by atoms with Gasteiger partial charge in [0.2, 0.25) is 5.91 Å². The van der Waals surface area contributed by atoms with Gasteiger partial charge < -0.3 is 19.9 Å². The van der Waals surface area contributed by atoms with Crippen LogP contribution in [-0.2, 0) is 9.59 Å². The number of benzene rings is 3. The smallest absolute Gasteiger partial charge is 0.275 e. The highest BCUT2D eigenvalue weighted by atomic mass is 16.5. The fourth-order valence-corrected chi connectivity index (χ4v) is 10.2. The highest BCUT2D eigenvalue weighted by molar-refractivity contribution is 5.99. The van der Waals surface area contributed by atoms with E-state index < -0.39 is 11.9 Å². The Bertz CT molecular complexity index is 2350. The number of anilines is 2. The van der Waals surface area contributed by atoms with E-state index in [0.717, 1.165) is 86.7 Å². The molecule has 0 spiro atoms. The Balaban J connectivity index is 0.792. The maximum atomic E-state index is 13.5. The maximum Gasteiger partial charge on any atom is 0.275 e. The summed E-state index contributed by atoms with van der Waals surface area (Å²) in [5, 5.41) is 20.5. The maximum absolute atomic E-state index is 13.5. The molecule has 3 amide bonds. The third-order valence-electron chi connectivity index (χ3n) is 13.4. The number of aromatic nitrogens is 2. The zero-order valence-corrected chi connectivity index (χ0v) is 34.7. The number of nitrogens with zero attached hydrogens (tertiary/aromatic N) is 6. The Morgan fingerprint density at radius 3 is 2.22 bits per heavy atom. The summed E-state index contributed by atoms with van der Waals surface area (Å²) in [5.74, 6) is 0.475. The Morgan fingerprint density at radius 1 is 0.881 bits per heavy atom. The first-order valence-electron chi connectivity index (χ1n) is 20.9. The van der Waals surface area contributed by atoms with E-state index in [0.29, 0.717) is 22.4 Å². The molecule has 4 fully saturated rings. The van der Waals surface area contributed by atoms with Crippen LogP contribution in [0.2, 0.25) is 0 Å². The second-order valence-electron chi connectivity index (χ2n) is 18.0. The van der Waals surface area contributed by atoms with Gasteiger partial charge in [0.25, 0.3) is 17.4 Å². The van der Waals surface area contributed by atoms with Crippen molar-refractivity contribution >= 4 is 39.9 Å². The van der Waals surface area contributed by atoms with E-state index in [4.69, 9.17) is 4.74 Å². The Hall–Kier alpha value is -5.74. The number of piperazine rings is 1. The van der Waals surface area contributed by atoms with Crippen LogP contribution in [0.25, 0.3) is 10.8 Å². The molecule has 3 saturated heterocycles. The first-order valence-corrected chi connectivity index (χ1v) is 20.9. The van der Waals surface area contributed by atoms with Gasteiger partial charge in [-0.3, -0.25) is 29.4 Å². The van der Waals surface area contributed by atoms with Gasteiger partial charge in [-0.1, -0.05) is 27.7 Å². The monoisotopic (exact) mass is 798 g/mol. The molecule has 8 rings (SSSR count). The molecule has 13 heteroatoms. The average Bonchev–Trinajstić information content (AvgIpc) is 3.22. The zero-order valence-electron chi connectivity index (χ0n) is 34.7. The predicted octanol–water partition coefficient (Wildman–Crippen LogP) is 5.20. The molecule has 308 valence electrons. The van der Waals surface area contributed by atoms with Crippen LogP contribution in [0.1, 0.15) is 80.9 Å². The number of hydrogen-bond donors (Lipinski definition) is 2. The number of imide groups is 1. The summed E-state index contributed by atoms with van der Waals surface area (Å²) in [6, 6.07) is 20.7. The van der Waals surface area contributed by atoms with Crippen LogP contribution in [0, 0.1) is 35.0 Å². The van der Waals surface area contributed by atoms with Crippen molar-refractivity contribution in [3.8, 4) is 11.8 Å². The average molecular weight is 799 g/mol. The summed E-state index contributed by atoms with van der Waals surface area (Å²) in [4.78, 5) is 58.1. The highest BCUT2D eigenvalue weighted by Gasteiger charge is 2.64. The minimum absolute atomic E-state index is 0.0804. The summed E-state index contributed by atoms with van der Waals surface area (Å²) in [7, 11) is 0. The van der Waals surface area contributed by atoms with Crippen LogP contribution >= 0.6 is 0 Å². The van der Waals surface area contributed by atoms with Gasteiger partial charge in [-0.2, -0.15) is 10.4 Å². The quantitative estimate of drug-likeness (QED) is 0.216. The molecule has 4 aliphatic rings. The van der Waals surface area contributed by atoms with Crippen LogP contribution in [0.4, 0.5) is 11.4 Å². The number of nitriles is 1. The molecule has 4 aromatic rings. The van der Waals surface area contributed by atoms with Crippen molar-refractivity contribution < 1.29 is 19.1 Å². The summed E-state index contributed by atoms with van der Waals surface area (Å²) in [5.41, 5.74) is 3.45. The Morgan fingerprint density at radius 2 is 1.56 bits per heavy atom. The highest BCUT2D eigenvalue weighted by Crippen LogP contribution is 2.55. The summed E-state index contributed by atoms with van der Waals surface area (Å²) >= 11 is 0. The fourth-order valence-electron chi connectivity index (χ4n) is 10.2. The van der Waals surface area contributed by atoms with Gasteiger partial charge in [0.15, 0.2) is 0 Å². The number of hydrogen-bond acceptors (Lipinski definition) is 10. The summed E-state index contributed by atoms with van der Waals surface area (Å²) in [6.07, 6.45) is 4.22. The van der Waals surface area contributed by atoms with E-state index >= 15 is 0 Å². The molecule has 4 heterocycles. The van der Waals surface area contributed by atoms with E-state index in [-0.39, 0.29) is 53.2 Å². The molecule has 1 aromatic heterocycles. The van der Waals surface area contributed by atoms with Crippen LogP contribution in [0.3, 0.4) is 0 Å². The third kappa shape index (κ3) is 7.78. The largest absolute Gasteiger partial charge is 0.489 e. The predicted molar refractivity (Wildman–Crippen MR) is 227 cm³/mol. The van der Waals surface area contributed by atoms with E-state index in [9.17, 15) is 24.4 Å². The summed E-state index contributed by atoms with van der Waals surface area (Å²) < 4.78 is 7.68. The van der Waals surface area contributed by atoms with Gasteiger partial charge in [-0.15, -0.1) is 0 Å². The molecule has 59 heavy (non-hydrogen) atoms. The lowest BCUT2D eigenvalue weighted by Crippen LogP contribution is -2.74. The van der Waals surface area contributed by atoms with Gasteiger partial charge in [0, 0.05) is 91.4 Å². The van der Waals surface area contributed by atoms with Crippen LogP contribution in [0.15, 0.2) is 71.7 Å². The lowest BCUT2D eigenvalue weighted by molar-refractivity contribution is -0.164. The van der Waals surface area contributed by atoms with Gasteiger partial charge in [0.05, 0.1) is 23.2 Å². The minimum Gasteiger partial charge on any atom is -0.489 e. The van der Waals surface area contributed by atoms with Crippen molar-refractivity contribution in [1.29, 1.82) is 5.26 Å². The van der Waals surface area contributed by atoms with Gasteiger partial charge in [-0.05, 0) is 98.3 Å². The Kier molecular flexibility index (Phi) is 10.7. The standard InChI is InChI=1S/C46H54N8O5/c1-29-24-36(12-8-32(29)26-47)59-44-45(2,3)43(46(44,4)5)50-40(56)31-6-9-34(10-7-31)52-18-16-30(17-19-52)28-51-20-22-53(23-21-51)35-11-13-37-33(25-35)27-48-54(42(37)58)38-14-15-39(55)49-41(38)57/h6-13,24-25,27,30,38,43-44H,14-23,28H2,1-5H3,(H,50,56)(H,49,55,57). The molecule has 13 nitrogen and oxygen atoms in total. The second-order valence-corrected chi connectivity index (χ2v) is 18.0. The third-order valence-corrected chi connectivity index (χ3v) is 13.4. The fraction of sp³-hybridized carbons (Fsp3) is 0.478. The van der Waals surface area contributed by atoms with Crippen LogP contribution in [0.5, 0.6) is 5.75 Å². The van der Waals surface area contributed by atoms with Gasteiger partial charge in [0.1, 0.15) is 17.9 Å². The number of nitrogens with one attached hydrogen (secondary N) is 2. The molecule has 0 radical (unpaired) electrons. The molecule has 1 aliphatic carbocycles. The zero-order chi connectivity index (χ0) is 41.6. The number of ether oxygens (including phenoxy) is 1. The topological polar surface area (TPSA) is 153 Å². The van der Waals surface area contributed by atoms with Crippen molar-refractivity contribution in [1.82, 2.24) is 25.3 Å². The Labute approximate surface area is 345 Å². The number of aryl methyl sites for hydroxylation is 1. The van der Waals surface area contributed by atoms with Crippen LogP contribution < -0.4 is 30.7 Å². The molecule has 0 bridgehead atoms. The second kappa shape index (κ2) is 15.8. The van der Waals surface area contributed by atoms with E-state index in [1.807, 2.05) is 49.4 Å². The lowest BCUT2D eigenvalue weighted by Gasteiger charge is -2.63. The molecule has 3 aromatic carbocycles. The SMILES string of the molecule is Cc1cc(OC2C(C)(C)C(NC(=O)c3ccc(N4CCC(CN5CCN(c6ccc7c(=O)n(C8CCC(=O)NC8=O)ncc7c6)CC5)CC4)cc3)C2(C)C)ccc1C#N. The van der Waals surface area contributed by atoms with Crippen LogP contribution in [-0.4, -0.2) is 90.4 Å². The number of piperidine rings is 2. The molecule has 2 N–H and O–H groups in total.